The number of rotatable bonds is 4. The van der Waals surface area contributed by atoms with Gasteiger partial charge in [0.15, 0.2) is 0 Å². The Balaban J connectivity index is 1.78. The van der Waals surface area contributed by atoms with Crippen LogP contribution in [0.5, 0.6) is 0 Å². The number of halogens is 1. The van der Waals surface area contributed by atoms with Crippen LogP contribution in [0.4, 0.5) is 5.69 Å². The molecule has 152 valence electrons. The zero-order valence-electron chi connectivity index (χ0n) is 17.2. The summed E-state index contributed by atoms with van der Waals surface area (Å²) in [7, 11) is 0. The van der Waals surface area contributed by atoms with Crippen LogP contribution in [-0.4, -0.2) is 5.91 Å². The van der Waals surface area contributed by atoms with Gasteiger partial charge in [-0.25, -0.2) is 0 Å². The molecule has 0 spiro atoms. The highest BCUT2D eigenvalue weighted by Crippen LogP contribution is 2.31. The minimum atomic E-state index is -0.988. The molecule has 3 heteroatoms. The van der Waals surface area contributed by atoms with Gasteiger partial charge in [0, 0.05) is 21.7 Å². The van der Waals surface area contributed by atoms with Gasteiger partial charge in [0.25, 0.3) is 0 Å². The van der Waals surface area contributed by atoms with E-state index in [0.717, 1.165) is 27.6 Å². The lowest BCUT2D eigenvalue weighted by Crippen LogP contribution is -2.39. The van der Waals surface area contributed by atoms with Gasteiger partial charge in [-0.05, 0) is 47.7 Å². The van der Waals surface area contributed by atoms with Gasteiger partial charge in [0.05, 0.1) is 0 Å². The topological polar surface area (TPSA) is 29.1 Å². The van der Waals surface area contributed by atoms with E-state index in [1.165, 1.54) is 0 Å². The first-order valence-corrected chi connectivity index (χ1v) is 10.6. The van der Waals surface area contributed by atoms with Gasteiger partial charge in [-0.15, -0.1) is 0 Å². The van der Waals surface area contributed by atoms with E-state index in [1.54, 1.807) is 12.1 Å². The minimum Gasteiger partial charge on any atom is -0.324 e. The highest BCUT2D eigenvalue weighted by atomic mass is 35.5. The number of carbonyl (C=O) groups is 1. The lowest BCUT2D eigenvalue weighted by Gasteiger charge is -2.27. The Morgan fingerprint density at radius 1 is 0.871 bits per heavy atom. The Hall–Kier alpha value is -3.54. The van der Waals surface area contributed by atoms with E-state index in [2.05, 4.69) is 17.2 Å². The lowest BCUT2D eigenvalue weighted by atomic mass is 9.77. The number of carbonyl (C=O) groups excluding carboxylic acids is 1. The minimum absolute atomic E-state index is 0.140. The van der Waals surface area contributed by atoms with Gasteiger partial charge < -0.3 is 5.32 Å². The summed E-state index contributed by atoms with van der Waals surface area (Å²) >= 11 is 6.00. The van der Waals surface area contributed by atoms with Crippen LogP contribution in [0, 0.1) is 11.8 Å². The summed E-state index contributed by atoms with van der Waals surface area (Å²) in [5, 5.41) is 5.89. The monoisotopic (exact) mass is 423 g/mol. The Kier molecular flexibility index (Phi) is 6.07. The standard InChI is InChI=1S/C28H22ClNO/c1-2-28(23-11-4-3-5-12-23,20-19-21-15-17-24(29)18-16-21)27(31)30-26-14-8-10-22-9-6-7-13-25(22)26/h3-18H,2H2,1H3,(H,30,31)/t28-/m1/s1. The maximum absolute atomic E-state index is 13.8. The van der Waals surface area contributed by atoms with E-state index in [4.69, 9.17) is 11.6 Å². The molecule has 0 aliphatic heterocycles. The van der Waals surface area contributed by atoms with Gasteiger partial charge in [-0.1, -0.05) is 97.1 Å². The Bertz CT molecular complexity index is 1260. The fourth-order valence-electron chi connectivity index (χ4n) is 3.71. The predicted molar refractivity (Wildman–Crippen MR) is 129 cm³/mol. The van der Waals surface area contributed by atoms with Crippen LogP contribution in [-0.2, 0) is 10.2 Å². The predicted octanol–water partition coefficient (Wildman–Crippen LogP) is 6.83. The summed E-state index contributed by atoms with van der Waals surface area (Å²) in [4.78, 5) is 13.8. The maximum Gasteiger partial charge on any atom is 0.247 e. The van der Waals surface area contributed by atoms with Gasteiger partial charge in [0.1, 0.15) is 5.41 Å². The van der Waals surface area contributed by atoms with Crippen molar-refractivity contribution in [3.05, 3.63) is 113 Å². The molecule has 0 aliphatic carbocycles. The average molecular weight is 424 g/mol. The van der Waals surface area contributed by atoms with E-state index in [0.29, 0.717) is 11.4 Å². The molecule has 4 rings (SSSR count). The van der Waals surface area contributed by atoms with E-state index in [1.807, 2.05) is 91.9 Å². The van der Waals surface area contributed by atoms with Gasteiger partial charge >= 0.3 is 0 Å². The third kappa shape index (κ3) is 4.33. The van der Waals surface area contributed by atoms with Crippen molar-refractivity contribution in [3.63, 3.8) is 0 Å². The first kappa shape index (κ1) is 20.7. The van der Waals surface area contributed by atoms with Crippen LogP contribution in [0.15, 0.2) is 97.1 Å². The molecule has 0 radical (unpaired) electrons. The van der Waals surface area contributed by atoms with Crippen molar-refractivity contribution in [3.8, 4) is 11.8 Å². The van der Waals surface area contributed by atoms with Crippen LogP contribution in [0.2, 0.25) is 5.02 Å². The fourth-order valence-corrected chi connectivity index (χ4v) is 3.84. The first-order valence-electron chi connectivity index (χ1n) is 10.3. The maximum atomic E-state index is 13.8. The molecule has 1 N–H and O–H groups in total. The molecule has 4 aromatic carbocycles. The van der Waals surface area contributed by atoms with Crippen molar-refractivity contribution < 1.29 is 4.79 Å². The second kappa shape index (κ2) is 9.08. The number of fused-ring (bicyclic) bond motifs is 1. The number of anilines is 1. The van der Waals surface area contributed by atoms with Crippen LogP contribution in [0.25, 0.3) is 10.8 Å². The Morgan fingerprint density at radius 3 is 2.29 bits per heavy atom. The quantitative estimate of drug-likeness (QED) is 0.358. The third-order valence-electron chi connectivity index (χ3n) is 5.49. The molecule has 0 aliphatic rings. The van der Waals surface area contributed by atoms with Gasteiger partial charge in [0.2, 0.25) is 5.91 Å². The summed E-state index contributed by atoms with van der Waals surface area (Å²) in [6.45, 7) is 1.99. The van der Waals surface area contributed by atoms with E-state index < -0.39 is 5.41 Å². The smallest absolute Gasteiger partial charge is 0.247 e. The van der Waals surface area contributed by atoms with E-state index >= 15 is 0 Å². The molecule has 31 heavy (non-hydrogen) atoms. The summed E-state index contributed by atoms with van der Waals surface area (Å²) in [5.74, 6) is 6.35. The molecule has 0 aromatic heterocycles. The van der Waals surface area contributed by atoms with Crippen molar-refractivity contribution in [2.24, 2.45) is 0 Å². The number of nitrogens with one attached hydrogen (secondary N) is 1. The van der Waals surface area contributed by atoms with E-state index in [9.17, 15) is 4.79 Å². The average Bonchev–Trinajstić information content (AvgIpc) is 2.82. The zero-order valence-corrected chi connectivity index (χ0v) is 18.0. The van der Waals surface area contributed by atoms with Crippen molar-refractivity contribution in [2.45, 2.75) is 18.8 Å². The molecule has 0 saturated heterocycles. The number of hydrogen-bond acceptors (Lipinski definition) is 1. The zero-order chi connectivity index (χ0) is 21.7. The summed E-state index contributed by atoms with van der Waals surface area (Å²) in [6, 6.07) is 31.0. The fraction of sp³-hybridized carbons (Fsp3) is 0.107. The molecule has 1 amide bonds. The molecule has 0 bridgehead atoms. The Labute approximate surface area is 187 Å². The van der Waals surface area contributed by atoms with Crippen LogP contribution >= 0.6 is 11.6 Å². The summed E-state index contributed by atoms with van der Waals surface area (Å²) < 4.78 is 0. The summed E-state index contributed by atoms with van der Waals surface area (Å²) in [5.41, 5.74) is 1.48. The number of hydrogen-bond donors (Lipinski definition) is 1. The molecule has 0 fully saturated rings. The number of benzene rings is 4. The molecular weight excluding hydrogens is 402 g/mol. The van der Waals surface area contributed by atoms with Crippen molar-refractivity contribution in [1.29, 1.82) is 0 Å². The van der Waals surface area contributed by atoms with Crippen LogP contribution < -0.4 is 5.32 Å². The Morgan fingerprint density at radius 2 is 1.55 bits per heavy atom. The van der Waals surface area contributed by atoms with Crippen LogP contribution in [0.1, 0.15) is 24.5 Å². The van der Waals surface area contributed by atoms with Gasteiger partial charge in [-0.3, -0.25) is 4.79 Å². The third-order valence-corrected chi connectivity index (χ3v) is 5.74. The summed E-state index contributed by atoms with van der Waals surface area (Å²) in [6.07, 6.45) is 0.536. The molecule has 1 atom stereocenters. The number of amides is 1. The van der Waals surface area contributed by atoms with Crippen molar-refractivity contribution >= 4 is 34.0 Å². The lowest BCUT2D eigenvalue weighted by molar-refractivity contribution is -0.119. The highest BCUT2D eigenvalue weighted by Gasteiger charge is 2.37. The molecule has 4 aromatic rings. The molecule has 0 unspecified atom stereocenters. The van der Waals surface area contributed by atoms with Crippen molar-refractivity contribution in [2.75, 3.05) is 5.32 Å². The van der Waals surface area contributed by atoms with Crippen molar-refractivity contribution in [1.82, 2.24) is 0 Å². The van der Waals surface area contributed by atoms with E-state index in [-0.39, 0.29) is 5.91 Å². The highest BCUT2D eigenvalue weighted by molar-refractivity contribution is 6.30. The van der Waals surface area contributed by atoms with Gasteiger partial charge in [-0.2, -0.15) is 0 Å². The molecule has 2 nitrogen and oxygen atoms in total. The van der Waals surface area contributed by atoms with Crippen LogP contribution in [0.3, 0.4) is 0 Å². The molecule has 0 saturated carbocycles. The normalized spacial score (nSPS) is 12.5. The molecule has 0 heterocycles. The second-order valence-electron chi connectivity index (χ2n) is 7.36. The SMILES string of the molecule is CC[C@](C#Cc1ccc(Cl)cc1)(C(=O)Nc1cccc2ccccc12)c1ccccc1. The largest absolute Gasteiger partial charge is 0.324 e. The second-order valence-corrected chi connectivity index (χ2v) is 7.80. The molecular formula is C28H22ClNO. The first-order chi connectivity index (χ1) is 15.1.